The fraction of sp³-hybridized carbons (Fsp3) is 0.304. The Kier molecular flexibility index (Phi) is 4.65. The number of carbonyl (C=O) groups is 2. The summed E-state index contributed by atoms with van der Waals surface area (Å²) < 4.78 is 16.4. The molecule has 1 aromatic heterocycles. The Morgan fingerprint density at radius 1 is 1.14 bits per heavy atom. The van der Waals surface area contributed by atoms with Crippen molar-refractivity contribution in [2.24, 2.45) is 11.3 Å². The van der Waals surface area contributed by atoms with Crippen LogP contribution in [0.3, 0.4) is 0 Å². The van der Waals surface area contributed by atoms with E-state index >= 15 is 0 Å². The molecule has 0 amide bonds. The van der Waals surface area contributed by atoms with E-state index < -0.39 is 11.2 Å². The Labute approximate surface area is 163 Å². The Morgan fingerprint density at radius 3 is 2.54 bits per heavy atom. The summed E-state index contributed by atoms with van der Waals surface area (Å²) in [7, 11) is 2.97. The molecule has 144 valence electrons. The van der Waals surface area contributed by atoms with E-state index in [1.165, 1.54) is 26.6 Å². The Balaban J connectivity index is 1.81. The van der Waals surface area contributed by atoms with Crippen LogP contribution in [-0.4, -0.2) is 31.6 Å². The number of rotatable bonds is 6. The summed E-state index contributed by atoms with van der Waals surface area (Å²) in [5.74, 6) is -1.92. The molecule has 1 saturated carbocycles. The zero-order valence-corrected chi connectivity index (χ0v) is 15.8. The second kappa shape index (κ2) is 7.00. The van der Waals surface area contributed by atoms with E-state index in [2.05, 4.69) is 0 Å². The highest BCUT2D eigenvalue weighted by Crippen LogP contribution is 2.57. The topological polar surface area (TPSA) is 65.7 Å². The zero-order valence-electron chi connectivity index (χ0n) is 15.8. The maximum absolute atomic E-state index is 13.7. The predicted molar refractivity (Wildman–Crippen MR) is 103 cm³/mol. The van der Waals surface area contributed by atoms with Crippen molar-refractivity contribution in [3.05, 3.63) is 84.4 Å². The van der Waals surface area contributed by atoms with E-state index in [1.807, 2.05) is 42.5 Å². The van der Waals surface area contributed by atoms with Crippen LogP contribution >= 0.6 is 0 Å². The number of ether oxygens (including phenoxy) is 2. The number of fused-ring (bicyclic) bond motifs is 2. The lowest BCUT2D eigenvalue weighted by Crippen LogP contribution is -2.62. The van der Waals surface area contributed by atoms with E-state index in [0.29, 0.717) is 6.42 Å². The molecule has 0 saturated heterocycles. The van der Waals surface area contributed by atoms with Gasteiger partial charge in [-0.05, 0) is 30.2 Å². The van der Waals surface area contributed by atoms with E-state index in [-0.39, 0.29) is 29.2 Å². The molecule has 2 aromatic rings. The number of hydrogen-bond acceptors (Lipinski definition) is 5. The van der Waals surface area contributed by atoms with Crippen LogP contribution in [0.4, 0.5) is 0 Å². The van der Waals surface area contributed by atoms with Gasteiger partial charge in [0, 0.05) is 26.1 Å². The Hall–Kier alpha value is -2.76. The number of hydrogen-bond donors (Lipinski definition) is 0. The van der Waals surface area contributed by atoms with Gasteiger partial charge in [-0.25, -0.2) is 0 Å². The minimum absolute atomic E-state index is 0.115. The maximum atomic E-state index is 13.7. The maximum Gasteiger partial charge on any atom is 0.236 e. The summed E-state index contributed by atoms with van der Waals surface area (Å²) in [5, 5.41) is 0. The van der Waals surface area contributed by atoms with Gasteiger partial charge in [0.05, 0.1) is 11.7 Å². The lowest BCUT2D eigenvalue weighted by molar-refractivity contribution is -0.241. The summed E-state index contributed by atoms with van der Waals surface area (Å²) >= 11 is 0. The number of benzene rings is 1. The van der Waals surface area contributed by atoms with Crippen LogP contribution in [0.25, 0.3) is 0 Å². The SMILES string of the molecule is COC1(OC)C(=O)[C@]2(/C=C/C(=O)c3ccco3)C=C[C@H]1C[C@H]2c1ccccc1. The van der Waals surface area contributed by atoms with E-state index in [4.69, 9.17) is 13.9 Å². The molecular formula is C23H22O5. The van der Waals surface area contributed by atoms with Crippen molar-refractivity contribution in [2.75, 3.05) is 14.2 Å². The first-order valence-corrected chi connectivity index (χ1v) is 9.24. The predicted octanol–water partition coefficient (Wildman–Crippen LogP) is 3.94. The van der Waals surface area contributed by atoms with Crippen molar-refractivity contribution in [3.63, 3.8) is 0 Å². The first-order chi connectivity index (χ1) is 13.6. The fourth-order valence-electron chi connectivity index (χ4n) is 4.54. The summed E-state index contributed by atoms with van der Waals surface area (Å²) in [6.07, 6.45) is 9.07. The lowest BCUT2D eigenvalue weighted by atomic mass is 9.54. The second-order valence-electron chi connectivity index (χ2n) is 7.18. The Morgan fingerprint density at radius 2 is 1.89 bits per heavy atom. The molecule has 1 heterocycles. The van der Waals surface area contributed by atoms with Gasteiger partial charge >= 0.3 is 0 Å². The number of carbonyl (C=O) groups excluding carboxylic acids is 2. The van der Waals surface area contributed by atoms with Crippen LogP contribution in [0.5, 0.6) is 0 Å². The van der Waals surface area contributed by atoms with Gasteiger partial charge < -0.3 is 13.9 Å². The van der Waals surface area contributed by atoms with Crippen molar-refractivity contribution in [3.8, 4) is 0 Å². The normalized spacial score (nSPS) is 28.1. The van der Waals surface area contributed by atoms with Crippen LogP contribution in [-0.2, 0) is 14.3 Å². The zero-order chi connectivity index (χ0) is 19.8. The van der Waals surface area contributed by atoms with Gasteiger partial charge in [0.25, 0.3) is 0 Å². The van der Waals surface area contributed by atoms with Crippen LogP contribution in [0.15, 0.2) is 77.4 Å². The minimum Gasteiger partial charge on any atom is -0.461 e. The molecule has 0 unspecified atom stereocenters. The average Bonchev–Trinajstić information content (AvgIpc) is 3.29. The van der Waals surface area contributed by atoms with Crippen LogP contribution in [0.1, 0.15) is 28.5 Å². The highest BCUT2D eigenvalue weighted by atomic mass is 16.7. The Bertz CT molecular complexity index is 921. The number of Topliss-reactive ketones (excluding diaryl/α,β-unsaturated/α-hetero) is 1. The molecule has 5 nitrogen and oxygen atoms in total. The summed E-state index contributed by atoms with van der Waals surface area (Å²) in [4.78, 5) is 26.2. The minimum atomic E-state index is -1.35. The van der Waals surface area contributed by atoms with Gasteiger partial charge in [-0.3, -0.25) is 9.59 Å². The fourth-order valence-corrected chi connectivity index (χ4v) is 4.54. The van der Waals surface area contributed by atoms with Crippen molar-refractivity contribution < 1.29 is 23.5 Å². The standard InChI is InChI=1S/C23H22O5/c1-26-23(27-2)17-10-12-22(21(23)25,13-11-19(24)20-9-6-14-28-20)18(15-17)16-7-4-3-5-8-16/h3-14,17-18H,15H2,1-2H3/b13-11+/t17-,18-,22-/m0/s1. The third-order valence-corrected chi connectivity index (χ3v) is 5.95. The quantitative estimate of drug-likeness (QED) is 0.330. The van der Waals surface area contributed by atoms with Gasteiger partial charge in [0.2, 0.25) is 17.4 Å². The number of furan rings is 1. The van der Waals surface area contributed by atoms with Crippen molar-refractivity contribution in [1.82, 2.24) is 0 Å². The molecule has 2 bridgehead atoms. The van der Waals surface area contributed by atoms with Crippen LogP contribution in [0.2, 0.25) is 0 Å². The second-order valence-corrected chi connectivity index (χ2v) is 7.18. The third kappa shape index (κ3) is 2.62. The van der Waals surface area contributed by atoms with Crippen molar-refractivity contribution in [1.29, 1.82) is 0 Å². The molecular weight excluding hydrogens is 356 g/mol. The number of methoxy groups -OCH3 is 2. The van der Waals surface area contributed by atoms with Gasteiger partial charge in [0.1, 0.15) is 0 Å². The summed E-state index contributed by atoms with van der Waals surface area (Å²) in [6.45, 7) is 0. The van der Waals surface area contributed by atoms with Gasteiger partial charge in [-0.1, -0.05) is 48.6 Å². The van der Waals surface area contributed by atoms with E-state index in [0.717, 1.165) is 5.56 Å². The highest BCUT2D eigenvalue weighted by molar-refractivity contribution is 6.04. The lowest BCUT2D eigenvalue weighted by Gasteiger charge is -2.53. The molecule has 0 N–H and O–H groups in total. The van der Waals surface area contributed by atoms with Crippen molar-refractivity contribution in [2.45, 2.75) is 18.1 Å². The molecule has 0 radical (unpaired) electrons. The molecule has 3 aliphatic carbocycles. The smallest absolute Gasteiger partial charge is 0.236 e. The first kappa shape index (κ1) is 18.6. The van der Waals surface area contributed by atoms with E-state index in [1.54, 1.807) is 18.2 Å². The first-order valence-electron chi connectivity index (χ1n) is 9.24. The molecule has 28 heavy (non-hydrogen) atoms. The van der Waals surface area contributed by atoms with Crippen LogP contribution < -0.4 is 0 Å². The van der Waals surface area contributed by atoms with Crippen molar-refractivity contribution >= 4 is 11.6 Å². The molecule has 0 aliphatic heterocycles. The molecule has 0 spiro atoms. The summed E-state index contributed by atoms with van der Waals surface area (Å²) in [5.41, 5.74) is 0.00536. The monoisotopic (exact) mass is 378 g/mol. The highest BCUT2D eigenvalue weighted by Gasteiger charge is 2.63. The van der Waals surface area contributed by atoms with Crippen LogP contribution in [0, 0.1) is 11.3 Å². The third-order valence-electron chi connectivity index (χ3n) is 5.95. The van der Waals surface area contributed by atoms with Gasteiger partial charge in [0.15, 0.2) is 5.76 Å². The molecule has 3 atom stereocenters. The molecule has 3 aliphatic rings. The number of allylic oxidation sites excluding steroid dienone is 3. The molecule has 1 fully saturated rings. The molecule has 1 aromatic carbocycles. The van der Waals surface area contributed by atoms with Gasteiger partial charge in [-0.15, -0.1) is 0 Å². The van der Waals surface area contributed by atoms with E-state index in [9.17, 15) is 9.59 Å². The average molecular weight is 378 g/mol. The largest absolute Gasteiger partial charge is 0.461 e. The molecule has 5 rings (SSSR count). The summed E-state index contributed by atoms with van der Waals surface area (Å²) in [6, 6.07) is 13.1. The molecule has 5 heteroatoms. The number of ketones is 2. The van der Waals surface area contributed by atoms with Gasteiger partial charge in [-0.2, -0.15) is 0 Å².